The lowest BCUT2D eigenvalue weighted by atomic mass is 10.1. The number of carbonyl (C=O) groups is 1. The van der Waals surface area contributed by atoms with Gasteiger partial charge >= 0.3 is 5.69 Å². The van der Waals surface area contributed by atoms with Crippen molar-refractivity contribution in [1.29, 1.82) is 0 Å². The Hall–Kier alpha value is -1.86. The van der Waals surface area contributed by atoms with E-state index in [1.807, 2.05) is 7.05 Å². The Balaban J connectivity index is 0.00000242. The van der Waals surface area contributed by atoms with Crippen LogP contribution in [-0.2, 0) is 4.79 Å². The lowest BCUT2D eigenvalue weighted by Crippen LogP contribution is -2.45. The zero-order valence-electron chi connectivity index (χ0n) is 12.4. The van der Waals surface area contributed by atoms with Crippen molar-refractivity contribution in [2.45, 2.75) is 18.9 Å². The molecule has 0 atom stereocenters. The van der Waals surface area contributed by atoms with Crippen molar-refractivity contribution >= 4 is 24.0 Å². The molecule has 2 rings (SSSR count). The SMILES string of the molecule is CNC1CCN(C(=O)COc2ccccc2[N+](=O)[O-])CC1.Cl. The van der Waals surface area contributed by atoms with Crippen LogP contribution in [0, 0.1) is 10.1 Å². The maximum Gasteiger partial charge on any atom is 0.310 e. The van der Waals surface area contributed by atoms with Gasteiger partial charge in [0.05, 0.1) is 4.92 Å². The Morgan fingerprint density at radius 1 is 1.41 bits per heavy atom. The van der Waals surface area contributed by atoms with E-state index in [-0.39, 0.29) is 36.4 Å². The summed E-state index contributed by atoms with van der Waals surface area (Å²) in [6, 6.07) is 6.52. The van der Waals surface area contributed by atoms with Crippen LogP contribution in [0.4, 0.5) is 5.69 Å². The number of benzene rings is 1. The molecule has 1 aliphatic heterocycles. The lowest BCUT2D eigenvalue weighted by Gasteiger charge is -2.31. The van der Waals surface area contributed by atoms with Crippen molar-refractivity contribution in [3.63, 3.8) is 0 Å². The summed E-state index contributed by atoms with van der Waals surface area (Å²) in [6.45, 7) is 1.20. The van der Waals surface area contributed by atoms with Crippen LogP contribution in [-0.4, -0.2) is 48.5 Å². The highest BCUT2D eigenvalue weighted by atomic mass is 35.5. The first-order valence-electron chi connectivity index (χ1n) is 6.93. The van der Waals surface area contributed by atoms with Crippen molar-refractivity contribution in [3.8, 4) is 5.75 Å². The van der Waals surface area contributed by atoms with Gasteiger partial charge in [0.15, 0.2) is 12.4 Å². The molecule has 8 heteroatoms. The number of halogens is 1. The molecule has 0 aliphatic carbocycles. The molecule has 1 heterocycles. The van der Waals surface area contributed by atoms with Gasteiger partial charge in [0, 0.05) is 25.2 Å². The predicted molar refractivity (Wildman–Crippen MR) is 84.5 cm³/mol. The number of nitrogens with zero attached hydrogens (tertiary/aromatic N) is 2. The highest BCUT2D eigenvalue weighted by Crippen LogP contribution is 2.25. The summed E-state index contributed by atoms with van der Waals surface area (Å²) in [5, 5.41) is 14.1. The van der Waals surface area contributed by atoms with E-state index in [2.05, 4.69) is 5.32 Å². The van der Waals surface area contributed by atoms with Crippen molar-refractivity contribution in [2.24, 2.45) is 0 Å². The van der Waals surface area contributed by atoms with Gasteiger partial charge in [-0.2, -0.15) is 0 Å². The average Bonchev–Trinajstić information content (AvgIpc) is 2.52. The van der Waals surface area contributed by atoms with Crippen LogP contribution in [0.25, 0.3) is 0 Å². The van der Waals surface area contributed by atoms with Gasteiger partial charge in [-0.15, -0.1) is 12.4 Å². The Labute approximate surface area is 135 Å². The summed E-state index contributed by atoms with van der Waals surface area (Å²) in [5.74, 6) is -0.0105. The number of hydrogen-bond donors (Lipinski definition) is 1. The Morgan fingerprint density at radius 3 is 2.64 bits per heavy atom. The van der Waals surface area contributed by atoms with Gasteiger partial charge in [0.2, 0.25) is 0 Å². The number of para-hydroxylation sites is 2. The summed E-state index contributed by atoms with van der Waals surface area (Å²) in [5.41, 5.74) is -0.126. The van der Waals surface area contributed by atoms with E-state index in [9.17, 15) is 14.9 Å². The predicted octanol–water partition coefficient (Wildman–Crippen LogP) is 1.61. The number of nitro groups is 1. The second kappa shape index (κ2) is 8.55. The first-order valence-corrected chi connectivity index (χ1v) is 6.93. The van der Waals surface area contributed by atoms with E-state index in [0.717, 1.165) is 12.8 Å². The molecule has 0 unspecified atom stereocenters. The third-order valence-electron chi connectivity index (χ3n) is 3.67. The number of amides is 1. The fourth-order valence-electron chi connectivity index (χ4n) is 2.38. The zero-order chi connectivity index (χ0) is 15.2. The number of nitrogens with one attached hydrogen (secondary N) is 1. The van der Waals surface area contributed by atoms with E-state index in [4.69, 9.17) is 4.74 Å². The molecule has 0 saturated carbocycles. The second-order valence-electron chi connectivity index (χ2n) is 4.96. The number of ether oxygens (including phenoxy) is 1. The minimum absolute atomic E-state index is 0. The number of piperidine rings is 1. The standard InChI is InChI=1S/C14H19N3O4.ClH/c1-15-11-6-8-16(9-7-11)14(18)10-21-13-5-3-2-4-12(13)17(19)20;/h2-5,11,15H,6-10H2,1H3;1H. The molecule has 1 N–H and O–H groups in total. The average molecular weight is 330 g/mol. The molecular weight excluding hydrogens is 310 g/mol. The minimum atomic E-state index is -0.516. The molecule has 0 aromatic heterocycles. The van der Waals surface area contributed by atoms with Gasteiger partial charge in [-0.25, -0.2) is 0 Å². The molecule has 1 amide bonds. The van der Waals surface area contributed by atoms with Crippen molar-refractivity contribution < 1.29 is 14.5 Å². The lowest BCUT2D eigenvalue weighted by molar-refractivity contribution is -0.385. The second-order valence-corrected chi connectivity index (χ2v) is 4.96. The minimum Gasteiger partial charge on any atom is -0.477 e. The molecule has 22 heavy (non-hydrogen) atoms. The molecule has 1 fully saturated rings. The summed E-state index contributed by atoms with van der Waals surface area (Å²) in [7, 11) is 1.92. The van der Waals surface area contributed by atoms with Crippen LogP contribution in [0.5, 0.6) is 5.75 Å². The Morgan fingerprint density at radius 2 is 2.05 bits per heavy atom. The summed E-state index contributed by atoms with van der Waals surface area (Å²) >= 11 is 0. The summed E-state index contributed by atoms with van der Waals surface area (Å²) in [6.07, 6.45) is 1.82. The quantitative estimate of drug-likeness (QED) is 0.655. The van der Waals surface area contributed by atoms with E-state index < -0.39 is 4.92 Å². The molecule has 0 radical (unpaired) electrons. The number of hydrogen-bond acceptors (Lipinski definition) is 5. The normalized spacial score (nSPS) is 15.0. The van der Waals surface area contributed by atoms with Gasteiger partial charge in [-0.1, -0.05) is 12.1 Å². The van der Waals surface area contributed by atoms with Crippen molar-refractivity contribution in [2.75, 3.05) is 26.7 Å². The highest BCUT2D eigenvalue weighted by molar-refractivity contribution is 5.85. The van der Waals surface area contributed by atoms with E-state index in [1.165, 1.54) is 12.1 Å². The third-order valence-corrected chi connectivity index (χ3v) is 3.67. The van der Waals surface area contributed by atoms with Gasteiger partial charge in [0.25, 0.3) is 5.91 Å². The molecule has 0 bridgehead atoms. The van der Waals surface area contributed by atoms with Crippen LogP contribution < -0.4 is 10.1 Å². The smallest absolute Gasteiger partial charge is 0.310 e. The maximum absolute atomic E-state index is 12.1. The third kappa shape index (κ3) is 4.57. The van der Waals surface area contributed by atoms with Crippen LogP contribution in [0.3, 0.4) is 0 Å². The monoisotopic (exact) mass is 329 g/mol. The Kier molecular flexibility index (Phi) is 7.07. The van der Waals surface area contributed by atoms with E-state index in [0.29, 0.717) is 19.1 Å². The Bertz CT molecular complexity index is 519. The zero-order valence-corrected chi connectivity index (χ0v) is 13.2. The fraction of sp³-hybridized carbons (Fsp3) is 0.500. The molecule has 1 aromatic rings. The molecule has 1 aliphatic rings. The van der Waals surface area contributed by atoms with Gasteiger partial charge in [0.1, 0.15) is 0 Å². The number of nitro benzene ring substituents is 1. The fourth-order valence-corrected chi connectivity index (χ4v) is 2.38. The van der Waals surface area contributed by atoms with Gasteiger partial charge in [-0.3, -0.25) is 14.9 Å². The molecular formula is C14H20ClN3O4. The first kappa shape index (κ1) is 18.2. The van der Waals surface area contributed by atoms with Gasteiger partial charge in [-0.05, 0) is 26.0 Å². The number of carbonyl (C=O) groups excluding carboxylic acids is 1. The van der Waals surface area contributed by atoms with Crippen molar-refractivity contribution in [1.82, 2.24) is 10.2 Å². The summed E-state index contributed by atoms with van der Waals surface area (Å²) < 4.78 is 5.32. The van der Waals surface area contributed by atoms with Crippen molar-refractivity contribution in [3.05, 3.63) is 34.4 Å². The first-order chi connectivity index (χ1) is 10.1. The van der Waals surface area contributed by atoms with E-state index >= 15 is 0 Å². The number of rotatable bonds is 5. The summed E-state index contributed by atoms with van der Waals surface area (Å²) in [4.78, 5) is 24.1. The molecule has 7 nitrogen and oxygen atoms in total. The van der Waals surface area contributed by atoms with Crippen LogP contribution in [0.1, 0.15) is 12.8 Å². The molecule has 122 valence electrons. The van der Waals surface area contributed by atoms with Crippen LogP contribution >= 0.6 is 12.4 Å². The highest BCUT2D eigenvalue weighted by Gasteiger charge is 2.23. The molecule has 0 spiro atoms. The molecule has 1 aromatic carbocycles. The largest absolute Gasteiger partial charge is 0.477 e. The van der Waals surface area contributed by atoms with E-state index in [1.54, 1.807) is 17.0 Å². The van der Waals surface area contributed by atoms with Gasteiger partial charge < -0.3 is 15.0 Å². The topological polar surface area (TPSA) is 84.7 Å². The maximum atomic E-state index is 12.1. The van der Waals surface area contributed by atoms with Crippen LogP contribution in [0.2, 0.25) is 0 Å². The molecule has 1 saturated heterocycles. The number of likely N-dealkylation sites (tertiary alicyclic amines) is 1. The van der Waals surface area contributed by atoms with Crippen LogP contribution in [0.15, 0.2) is 24.3 Å².